The van der Waals surface area contributed by atoms with Crippen molar-refractivity contribution in [2.45, 2.75) is 19.4 Å². The number of pyridine rings is 2. The maximum Gasteiger partial charge on any atom is 0.254 e. The molecule has 0 radical (unpaired) electrons. The Morgan fingerprint density at radius 3 is 2.97 bits per heavy atom. The monoisotopic (exact) mass is 446 g/mol. The number of morpholine rings is 1. The quantitative estimate of drug-likeness (QED) is 0.495. The highest BCUT2D eigenvalue weighted by Crippen LogP contribution is 2.26. The Morgan fingerprint density at radius 1 is 1.19 bits per heavy atom. The molecule has 162 valence electrons. The van der Waals surface area contributed by atoms with Crippen LogP contribution in [0, 0.1) is 0 Å². The van der Waals surface area contributed by atoms with E-state index in [1.165, 1.54) is 11.3 Å². The van der Waals surface area contributed by atoms with Gasteiger partial charge in [-0.2, -0.15) is 0 Å². The van der Waals surface area contributed by atoms with E-state index in [4.69, 9.17) is 9.72 Å². The van der Waals surface area contributed by atoms with Crippen molar-refractivity contribution < 1.29 is 9.53 Å². The molecule has 1 fully saturated rings. The SMILES string of the molecule is CCc1nnc(Nc2cccc(C3CN(C(=O)c4cccc5ncccc45)CCO3)n2)s1. The van der Waals surface area contributed by atoms with E-state index in [1.807, 2.05) is 60.4 Å². The number of carbonyl (C=O) groups is 1. The number of aromatic nitrogens is 4. The average molecular weight is 447 g/mol. The first-order valence-corrected chi connectivity index (χ1v) is 11.3. The molecule has 1 atom stereocenters. The molecular formula is C23H22N6O2S. The first kappa shape index (κ1) is 20.5. The van der Waals surface area contributed by atoms with Gasteiger partial charge in [0.25, 0.3) is 5.91 Å². The minimum Gasteiger partial charge on any atom is -0.368 e. The molecule has 0 bridgehead atoms. The van der Waals surface area contributed by atoms with Crippen molar-refractivity contribution in [3.63, 3.8) is 0 Å². The smallest absolute Gasteiger partial charge is 0.254 e. The largest absolute Gasteiger partial charge is 0.368 e. The number of hydrogen-bond acceptors (Lipinski definition) is 8. The number of amides is 1. The molecule has 9 heteroatoms. The molecule has 0 saturated carbocycles. The fourth-order valence-electron chi connectivity index (χ4n) is 3.73. The topological polar surface area (TPSA) is 93.1 Å². The zero-order chi connectivity index (χ0) is 21.9. The van der Waals surface area contributed by atoms with E-state index in [2.05, 4.69) is 20.5 Å². The number of ether oxygens (including phenoxy) is 1. The third-order valence-corrected chi connectivity index (χ3v) is 6.32. The summed E-state index contributed by atoms with van der Waals surface area (Å²) in [5.74, 6) is 0.653. The lowest BCUT2D eigenvalue weighted by molar-refractivity contribution is -0.0246. The predicted octanol–water partition coefficient (Wildman–Crippen LogP) is 4.00. The molecule has 0 spiro atoms. The first-order chi connectivity index (χ1) is 15.7. The van der Waals surface area contributed by atoms with Gasteiger partial charge in [-0.25, -0.2) is 4.98 Å². The van der Waals surface area contributed by atoms with Crippen LogP contribution in [-0.4, -0.2) is 50.7 Å². The number of carbonyl (C=O) groups excluding carboxylic acids is 1. The molecule has 4 heterocycles. The second kappa shape index (κ2) is 8.97. The van der Waals surface area contributed by atoms with Crippen LogP contribution in [0.2, 0.25) is 0 Å². The Labute approximate surface area is 189 Å². The van der Waals surface area contributed by atoms with Gasteiger partial charge in [-0.3, -0.25) is 9.78 Å². The fourth-order valence-corrected chi connectivity index (χ4v) is 4.42. The second-order valence-corrected chi connectivity index (χ2v) is 8.48. The van der Waals surface area contributed by atoms with Crippen LogP contribution in [0.4, 0.5) is 10.9 Å². The lowest BCUT2D eigenvalue weighted by Crippen LogP contribution is -2.42. The highest BCUT2D eigenvalue weighted by molar-refractivity contribution is 7.15. The highest BCUT2D eigenvalue weighted by atomic mass is 32.1. The standard InChI is InChI=1S/C23H22N6O2S/c1-2-21-27-28-23(32-21)26-20-10-4-9-18(25-20)19-14-29(12-13-31-19)22(30)16-6-3-8-17-15(16)7-5-11-24-17/h3-11,19H,2,12-14H2,1H3,(H,25,26,28). The minimum atomic E-state index is -0.303. The summed E-state index contributed by atoms with van der Waals surface area (Å²) in [6, 6.07) is 15.1. The molecule has 1 N–H and O–H groups in total. The molecule has 1 aliphatic heterocycles. The van der Waals surface area contributed by atoms with Crippen molar-refractivity contribution in [1.82, 2.24) is 25.1 Å². The molecule has 1 amide bonds. The Morgan fingerprint density at radius 2 is 2.09 bits per heavy atom. The van der Waals surface area contributed by atoms with E-state index in [0.29, 0.717) is 36.2 Å². The molecule has 1 unspecified atom stereocenters. The lowest BCUT2D eigenvalue weighted by Gasteiger charge is -2.33. The molecule has 4 aromatic rings. The van der Waals surface area contributed by atoms with Gasteiger partial charge < -0.3 is 15.0 Å². The summed E-state index contributed by atoms with van der Waals surface area (Å²) < 4.78 is 5.97. The fraction of sp³-hybridized carbons (Fsp3) is 0.261. The molecular weight excluding hydrogens is 424 g/mol. The summed E-state index contributed by atoms with van der Waals surface area (Å²) in [5.41, 5.74) is 2.24. The van der Waals surface area contributed by atoms with Gasteiger partial charge in [-0.1, -0.05) is 36.5 Å². The van der Waals surface area contributed by atoms with Gasteiger partial charge in [0.1, 0.15) is 16.9 Å². The third-order valence-electron chi connectivity index (χ3n) is 5.33. The van der Waals surface area contributed by atoms with Crippen LogP contribution >= 0.6 is 11.3 Å². The number of nitrogens with zero attached hydrogens (tertiary/aromatic N) is 5. The van der Waals surface area contributed by atoms with E-state index in [-0.39, 0.29) is 12.0 Å². The van der Waals surface area contributed by atoms with Crippen LogP contribution < -0.4 is 5.32 Å². The molecule has 1 saturated heterocycles. The minimum absolute atomic E-state index is 0.0212. The van der Waals surface area contributed by atoms with E-state index >= 15 is 0 Å². The zero-order valence-corrected chi connectivity index (χ0v) is 18.4. The Balaban J connectivity index is 1.34. The second-order valence-electron chi connectivity index (χ2n) is 7.41. The van der Waals surface area contributed by atoms with Gasteiger partial charge >= 0.3 is 0 Å². The highest BCUT2D eigenvalue weighted by Gasteiger charge is 2.28. The van der Waals surface area contributed by atoms with Crippen LogP contribution in [0.3, 0.4) is 0 Å². The molecule has 1 aromatic carbocycles. The molecule has 5 rings (SSSR count). The Bertz CT molecular complexity index is 1250. The van der Waals surface area contributed by atoms with Crippen LogP contribution in [0.5, 0.6) is 0 Å². The van der Waals surface area contributed by atoms with E-state index in [0.717, 1.165) is 28.0 Å². The number of aryl methyl sites for hydroxylation is 1. The van der Waals surface area contributed by atoms with Gasteiger partial charge in [0, 0.05) is 23.7 Å². The molecule has 1 aliphatic rings. The maximum atomic E-state index is 13.3. The lowest BCUT2D eigenvalue weighted by atomic mass is 10.1. The summed E-state index contributed by atoms with van der Waals surface area (Å²) >= 11 is 1.51. The van der Waals surface area contributed by atoms with Gasteiger partial charge in [-0.15, -0.1) is 10.2 Å². The number of rotatable bonds is 5. The van der Waals surface area contributed by atoms with Gasteiger partial charge in [0.15, 0.2) is 0 Å². The molecule has 0 aliphatic carbocycles. The van der Waals surface area contributed by atoms with Crippen molar-refractivity contribution in [3.8, 4) is 0 Å². The van der Waals surface area contributed by atoms with Crippen molar-refractivity contribution in [3.05, 3.63) is 71.0 Å². The van der Waals surface area contributed by atoms with E-state index in [1.54, 1.807) is 6.20 Å². The zero-order valence-electron chi connectivity index (χ0n) is 17.6. The van der Waals surface area contributed by atoms with Crippen molar-refractivity contribution >= 4 is 39.1 Å². The van der Waals surface area contributed by atoms with E-state index < -0.39 is 0 Å². The number of nitrogens with one attached hydrogen (secondary N) is 1. The third kappa shape index (κ3) is 4.17. The normalized spacial score (nSPS) is 16.3. The number of benzene rings is 1. The summed E-state index contributed by atoms with van der Waals surface area (Å²) in [4.78, 5) is 24.2. The summed E-state index contributed by atoms with van der Waals surface area (Å²) in [6.45, 7) is 3.47. The molecule has 32 heavy (non-hydrogen) atoms. The Hall–Kier alpha value is -3.43. The van der Waals surface area contributed by atoms with Gasteiger partial charge in [0.05, 0.1) is 24.4 Å². The van der Waals surface area contributed by atoms with Crippen LogP contribution in [0.1, 0.15) is 34.1 Å². The van der Waals surface area contributed by atoms with E-state index in [9.17, 15) is 4.79 Å². The molecule has 3 aromatic heterocycles. The number of anilines is 2. The van der Waals surface area contributed by atoms with Gasteiger partial charge in [-0.05, 0) is 36.8 Å². The number of hydrogen-bond donors (Lipinski definition) is 1. The first-order valence-electron chi connectivity index (χ1n) is 10.5. The van der Waals surface area contributed by atoms with Gasteiger partial charge in [0.2, 0.25) is 5.13 Å². The Kier molecular flexibility index (Phi) is 5.74. The van der Waals surface area contributed by atoms with Crippen molar-refractivity contribution in [2.75, 3.05) is 25.0 Å². The molecule has 8 nitrogen and oxygen atoms in total. The van der Waals surface area contributed by atoms with Crippen molar-refractivity contribution in [1.29, 1.82) is 0 Å². The summed E-state index contributed by atoms with van der Waals surface area (Å²) in [6.07, 6.45) is 2.28. The average Bonchev–Trinajstić information content (AvgIpc) is 3.31. The summed E-state index contributed by atoms with van der Waals surface area (Å²) in [5, 5.41) is 14.0. The predicted molar refractivity (Wildman–Crippen MR) is 123 cm³/mol. The van der Waals surface area contributed by atoms with Crippen molar-refractivity contribution in [2.24, 2.45) is 0 Å². The van der Waals surface area contributed by atoms with Crippen LogP contribution in [0.25, 0.3) is 10.9 Å². The summed E-state index contributed by atoms with van der Waals surface area (Å²) in [7, 11) is 0. The van der Waals surface area contributed by atoms with Crippen LogP contribution in [-0.2, 0) is 11.2 Å². The maximum absolute atomic E-state index is 13.3. The van der Waals surface area contributed by atoms with Crippen LogP contribution in [0.15, 0.2) is 54.7 Å². The number of fused-ring (bicyclic) bond motifs is 1.